The zero-order valence-corrected chi connectivity index (χ0v) is 20.0. The smallest absolute Gasteiger partial charge is 0.168 e. The van der Waals surface area contributed by atoms with Gasteiger partial charge in [-0.05, 0) is 43.1 Å². The highest BCUT2D eigenvalue weighted by Crippen LogP contribution is 2.34. The fourth-order valence-electron chi connectivity index (χ4n) is 4.58. The van der Waals surface area contributed by atoms with Gasteiger partial charge in [0.15, 0.2) is 17.5 Å². The molecule has 0 radical (unpaired) electrons. The van der Waals surface area contributed by atoms with E-state index in [2.05, 4.69) is 37.8 Å². The first-order valence-electron chi connectivity index (χ1n) is 12.1. The van der Waals surface area contributed by atoms with Crippen LogP contribution in [0.2, 0.25) is 0 Å². The first-order chi connectivity index (χ1) is 18.0. The van der Waals surface area contributed by atoms with Gasteiger partial charge in [0.1, 0.15) is 17.5 Å². The number of rotatable bonds is 6. The first-order valence-corrected chi connectivity index (χ1v) is 12.1. The van der Waals surface area contributed by atoms with Gasteiger partial charge < -0.3 is 16.0 Å². The minimum atomic E-state index is -0.810. The molecule has 4 aromatic heterocycles. The molecular formula is C27H24F2N8. The minimum absolute atomic E-state index is 0.122. The van der Waals surface area contributed by atoms with Gasteiger partial charge in [0.2, 0.25) is 0 Å². The molecule has 1 saturated heterocycles. The summed E-state index contributed by atoms with van der Waals surface area (Å²) in [7, 11) is 0. The van der Waals surface area contributed by atoms with Crippen LogP contribution in [0.1, 0.15) is 18.9 Å². The topological polar surface area (TPSA) is 101 Å². The van der Waals surface area contributed by atoms with Crippen LogP contribution in [0.4, 0.5) is 26.2 Å². The quantitative estimate of drug-likeness (QED) is 0.346. The number of nitrogens with one attached hydrogen (secondary N) is 3. The number of hydrogen-bond donors (Lipinski definition) is 3. The largest absolute Gasteiger partial charge is 0.366 e. The van der Waals surface area contributed by atoms with Crippen molar-refractivity contribution in [1.82, 2.24) is 30.2 Å². The van der Waals surface area contributed by atoms with Crippen molar-refractivity contribution in [2.75, 3.05) is 23.7 Å². The van der Waals surface area contributed by atoms with Gasteiger partial charge in [0.05, 0.1) is 23.3 Å². The molecule has 0 spiro atoms. The molecule has 186 valence electrons. The summed E-state index contributed by atoms with van der Waals surface area (Å²) in [5.74, 6) is 0.292. The third-order valence-corrected chi connectivity index (χ3v) is 6.65. The minimum Gasteiger partial charge on any atom is -0.366 e. The fourth-order valence-corrected chi connectivity index (χ4v) is 4.58. The summed E-state index contributed by atoms with van der Waals surface area (Å²) < 4.78 is 27.4. The van der Waals surface area contributed by atoms with E-state index in [1.54, 1.807) is 24.5 Å². The number of fused-ring (bicyclic) bond motifs is 1. The van der Waals surface area contributed by atoms with Crippen LogP contribution in [-0.4, -0.2) is 44.1 Å². The van der Waals surface area contributed by atoms with Crippen molar-refractivity contribution in [1.29, 1.82) is 0 Å². The predicted molar refractivity (Wildman–Crippen MR) is 139 cm³/mol. The molecular weight excluding hydrogens is 474 g/mol. The number of halogens is 2. The lowest BCUT2D eigenvalue weighted by atomic mass is 9.94. The van der Waals surface area contributed by atoms with Crippen molar-refractivity contribution in [2.24, 2.45) is 5.92 Å². The summed E-state index contributed by atoms with van der Waals surface area (Å²) in [5.41, 5.74) is 3.45. The summed E-state index contributed by atoms with van der Waals surface area (Å²) >= 11 is 0. The lowest BCUT2D eigenvalue weighted by Crippen LogP contribution is -2.42. The van der Waals surface area contributed by atoms with Crippen LogP contribution in [0, 0.1) is 17.6 Å². The number of hydrogen-bond acceptors (Lipinski definition) is 8. The Hall–Kier alpha value is -4.31. The second-order valence-corrected chi connectivity index (χ2v) is 9.22. The summed E-state index contributed by atoms with van der Waals surface area (Å²) in [6.45, 7) is 4.09. The average Bonchev–Trinajstić information content (AvgIpc) is 2.86. The summed E-state index contributed by atoms with van der Waals surface area (Å²) in [6.07, 6.45) is 13.2. The molecule has 0 saturated carbocycles. The Morgan fingerprint density at radius 3 is 2.73 bits per heavy atom. The predicted octanol–water partition coefficient (Wildman–Crippen LogP) is 4.87. The Kier molecular flexibility index (Phi) is 6.01. The highest BCUT2D eigenvalue weighted by Gasteiger charge is 2.24. The molecule has 37 heavy (non-hydrogen) atoms. The third kappa shape index (κ3) is 4.63. The number of nitrogens with zero attached hydrogens (tertiary/aromatic N) is 5. The maximum absolute atomic E-state index is 14.1. The zero-order chi connectivity index (χ0) is 25.4. The first kappa shape index (κ1) is 23.1. The second kappa shape index (κ2) is 9.62. The van der Waals surface area contributed by atoms with Gasteiger partial charge in [-0.3, -0.25) is 4.98 Å². The van der Waals surface area contributed by atoms with E-state index in [1.165, 1.54) is 0 Å². The SMILES string of the molecule is C[C@H]1CNCC[C@H]1Nc1nc(-c2ccnc(Nc3ncc(F)cc3F)c2)nc2cncc(C3=CC=C3)c12. The van der Waals surface area contributed by atoms with Crippen LogP contribution < -0.4 is 16.0 Å². The molecule has 3 N–H and O–H groups in total. The Bertz CT molecular complexity index is 1550. The van der Waals surface area contributed by atoms with E-state index in [4.69, 9.17) is 9.97 Å². The van der Waals surface area contributed by atoms with Crippen molar-refractivity contribution in [3.8, 4) is 11.4 Å². The van der Waals surface area contributed by atoms with Crippen molar-refractivity contribution in [3.63, 3.8) is 0 Å². The van der Waals surface area contributed by atoms with E-state index in [0.29, 0.717) is 28.6 Å². The van der Waals surface area contributed by atoms with Crippen molar-refractivity contribution in [3.05, 3.63) is 78.4 Å². The molecule has 2 atom stereocenters. The molecule has 10 heteroatoms. The van der Waals surface area contributed by atoms with Gasteiger partial charge in [0, 0.05) is 35.6 Å². The highest BCUT2D eigenvalue weighted by atomic mass is 19.1. The molecule has 1 aliphatic heterocycles. The van der Waals surface area contributed by atoms with E-state index in [9.17, 15) is 8.78 Å². The molecule has 8 nitrogen and oxygen atoms in total. The molecule has 1 fully saturated rings. The second-order valence-electron chi connectivity index (χ2n) is 9.22. The van der Waals surface area contributed by atoms with Gasteiger partial charge in [0.25, 0.3) is 0 Å². The molecule has 2 aliphatic rings. The van der Waals surface area contributed by atoms with Crippen LogP contribution >= 0.6 is 0 Å². The summed E-state index contributed by atoms with van der Waals surface area (Å²) in [5, 5.41) is 10.9. The molecule has 0 bridgehead atoms. The fraction of sp³-hybridized carbons (Fsp3) is 0.222. The summed E-state index contributed by atoms with van der Waals surface area (Å²) in [4.78, 5) is 22.2. The maximum atomic E-state index is 14.1. The maximum Gasteiger partial charge on any atom is 0.168 e. The molecule has 0 amide bonds. The number of anilines is 3. The number of allylic oxidation sites excluding steroid dienone is 4. The Balaban J connectivity index is 1.42. The molecule has 4 aromatic rings. The van der Waals surface area contributed by atoms with Crippen LogP contribution in [0.15, 0.2) is 61.2 Å². The van der Waals surface area contributed by atoms with E-state index in [0.717, 1.165) is 54.1 Å². The lowest BCUT2D eigenvalue weighted by molar-refractivity contribution is 0.368. The van der Waals surface area contributed by atoms with Crippen LogP contribution in [0.25, 0.3) is 27.9 Å². The third-order valence-electron chi connectivity index (χ3n) is 6.65. The molecule has 0 aromatic carbocycles. The van der Waals surface area contributed by atoms with Gasteiger partial charge in [-0.15, -0.1) is 0 Å². The normalized spacial score (nSPS) is 18.8. The standard InChI is InChI=1S/C27H24F2N8/c1-15-11-30-7-6-21(15)34-27-24-19(16-3-2-4-16)13-31-14-22(24)35-25(37-27)17-5-8-32-23(9-17)36-26-20(29)10-18(28)12-33-26/h2-5,8-10,12-15,21,30H,6-7,11H2,1H3,(H,32,33,36)(H,34,35,37)/t15-,21+/m0/s1. The van der Waals surface area contributed by atoms with Crippen LogP contribution in [0.5, 0.6) is 0 Å². The van der Waals surface area contributed by atoms with Crippen molar-refractivity contribution < 1.29 is 8.78 Å². The zero-order valence-electron chi connectivity index (χ0n) is 20.0. The average molecular weight is 499 g/mol. The molecule has 6 rings (SSSR count). The molecule has 1 aliphatic carbocycles. The van der Waals surface area contributed by atoms with Crippen LogP contribution in [0.3, 0.4) is 0 Å². The summed E-state index contributed by atoms with van der Waals surface area (Å²) in [6, 6.07) is 4.51. The van der Waals surface area contributed by atoms with E-state index in [-0.39, 0.29) is 11.9 Å². The monoisotopic (exact) mass is 498 g/mol. The Labute approximate surface area is 212 Å². The van der Waals surface area contributed by atoms with E-state index < -0.39 is 11.6 Å². The number of piperidine rings is 1. The Morgan fingerprint density at radius 2 is 1.95 bits per heavy atom. The number of pyridine rings is 3. The lowest BCUT2D eigenvalue weighted by Gasteiger charge is -2.31. The Morgan fingerprint density at radius 1 is 1.05 bits per heavy atom. The molecule has 5 heterocycles. The van der Waals surface area contributed by atoms with Gasteiger partial charge in [-0.1, -0.05) is 25.2 Å². The van der Waals surface area contributed by atoms with Crippen molar-refractivity contribution in [2.45, 2.75) is 19.4 Å². The van der Waals surface area contributed by atoms with Crippen molar-refractivity contribution >= 4 is 33.9 Å². The van der Waals surface area contributed by atoms with E-state index >= 15 is 0 Å². The van der Waals surface area contributed by atoms with Gasteiger partial charge >= 0.3 is 0 Å². The number of aromatic nitrogens is 5. The molecule has 0 unspecified atom stereocenters. The van der Waals surface area contributed by atoms with E-state index in [1.807, 2.05) is 24.4 Å². The van der Waals surface area contributed by atoms with Gasteiger partial charge in [-0.2, -0.15) is 0 Å². The highest BCUT2D eigenvalue weighted by molar-refractivity contribution is 6.02. The van der Waals surface area contributed by atoms with Crippen LogP contribution in [-0.2, 0) is 0 Å². The van der Waals surface area contributed by atoms with Gasteiger partial charge in [-0.25, -0.2) is 28.7 Å².